The molecule has 1 aliphatic carbocycles. The summed E-state index contributed by atoms with van der Waals surface area (Å²) in [5.41, 5.74) is 0.937. The van der Waals surface area contributed by atoms with Crippen LogP contribution in [0.1, 0.15) is 12.8 Å². The van der Waals surface area contributed by atoms with Crippen LogP contribution in [0.4, 0.5) is 0 Å². The first-order valence-electron chi connectivity index (χ1n) is 3.16. The number of methoxy groups -OCH3 is 1. The van der Waals surface area contributed by atoms with E-state index in [0.29, 0.717) is 6.42 Å². The first kappa shape index (κ1) is 51.4. The molecule has 0 unspecified atom stereocenters. The van der Waals surface area contributed by atoms with Crippen LogP contribution in [-0.2, 0) is 31.2 Å². The van der Waals surface area contributed by atoms with E-state index in [9.17, 15) is 4.79 Å². The van der Waals surface area contributed by atoms with Gasteiger partial charge in [-0.05, 0) is 0 Å². The summed E-state index contributed by atoms with van der Waals surface area (Å²) in [6.07, 6.45) is 8.08. The minimum Gasteiger partial charge on any atom is -0.469 e. The van der Waals surface area contributed by atoms with E-state index in [-0.39, 0.29) is 94.6 Å². The van der Waals surface area contributed by atoms with Gasteiger partial charge in [0.1, 0.15) is 0 Å². The smallest absolute Gasteiger partial charge is 0.306 e. The fourth-order valence-corrected chi connectivity index (χ4v) is 0.799. The van der Waals surface area contributed by atoms with Crippen molar-refractivity contribution in [2.24, 2.45) is 0 Å². The largest absolute Gasteiger partial charge is 0.469 e. The van der Waals surface area contributed by atoms with Crippen molar-refractivity contribution in [1.29, 1.82) is 0 Å². The molecule has 1 rings (SSSR count). The van der Waals surface area contributed by atoms with Gasteiger partial charge in [-0.2, -0.15) is 6.08 Å². The van der Waals surface area contributed by atoms with Crippen molar-refractivity contribution in [2.75, 3.05) is 7.11 Å². The number of carbonyl (C=O) groups is 1. The zero-order chi connectivity index (χ0) is 7.40. The first-order valence-corrected chi connectivity index (χ1v) is 3.16. The van der Waals surface area contributed by atoms with E-state index >= 15 is 0 Å². The predicted octanol–water partition coefficient (Wildman–Crippen LogP) is 4.30. The third kappa shape index (κ3) is 21.8. The van der Waals surface area contributed by atoms with Crippen molar-refractivity contribution in [3.8, 4) is 0 Å². The van der Waals surface area contributed by atoms with Gasteiger partial charge in [-0.25, -0.2) is 11.6 Å². The molecule has 1 aliphatic rings. The number of rotatable bonds is 2. The number of allylic oxidation sites excluding steroid dienone is 3. The van der Waals surface area contributed by atoms with Crippen molar-refractivity contribution < 1.29 is 31.2 Å². The van der Waals surface area contributed by atoms with Gasteiger partial charge in [0.25, 0.3) is 0 Å². The van der Waals surface area contributed by atoms with Crippen LogP contribution in [0.25, 0.3) is 0 Å². The van der Waals surface area contributed by atoms with Crippen molar-refractivity contribution in [1.82, 2.24) is 0 Å². The van der Waals surface area contributed by atoms with E-state index in [4.69, 9.17) is 0 Å². The molecule has 0 aromatic heterocycles. The van der Waals surface area contributed by atoms with Gasteiger partial charge in [0.05, 0.1) is 7.11 Å². The third-order valence-electron chi connectivity index (χ3n) is 1.33. The minimum atomic E-state index is -0.200. The molecule has 18 heavy (non-hydrogen) atoms. The first-order chi connectivity index (χ1) is 4.83. The summed E-state index contributed by atoms with van der Waals surface area (Å²) in [7, 11) is 1.39. The van der Waals surface area contributed by atoms with Gasteiger partial charge in [-0.3, -0.25) is 10.9 Å². The molecular weight excluding hydrogens is 330 g/mol. The van der Waals surface area contributed by atoms with Crippen LogP contribution in [-0.4, -0.2) is 13.1 Å². The molecule has 0 saturated carbocycles. The molecule has 114 valence electrons. The van der Waals surface area contributed by atoms with Crippen molar-refractivity contribution in [3.63, 3.8) is 0 Å². The van der Waals surface area contributed by atoms with Crippen LogP contribution in [0.2, 0.25) is 0 Å². The number of hydrogen-bond donors (Lipinski definition) is 0. The van der Waals surface area contributed by atoms with Gasteiger partial charge in [0.2, 0.25) is 0 Å². The van der Waals surface area contributed by atoms with Gasteiger partial charge in [-0.15, -0.1) is 43.6 Å². The molecule has 2 nitrogen and oxygen atoms in total. The third-order valence-corrected chi connectivity index (χ3v) is 1.33. The maximum atomic E-state index is 10.7. The van der Waals surface area contributed by atoms with Crippen LogP contribution in [0.5, 0.6) is 0 Å². The molecule has 6 heteroatoms. The van der Waals surface area contributed by atoms with Crippen LogP contribution in [0.15, 0.2) is 17.7 Å². The number of ether oxygens (including phenoxy) is 1. The maximum absolute atomic E-state index is 10.7. The maximum Gasteiger partial charge on any atom is 0.306 e. The quantitative estimate of drug-likeness (QED) is 0.420. The molecule has 0 radical (unpaired) electrons. The summed E-state index contributed by atoms with van der Waals surface area (Å²) >= 11 is 0. The molecule has 0 heterocycles. The van der Waals surface area contributed by atoms with E-state index < -0.39 is 0 Å². The summed E-state index contributed by atoms with van der Waals surface area (Å²) in [4.78, 5) is 10.7. The molecule has 0 aliphatic heterocycles. The van der Waals surface area contributed by atoms with Gasteiger partial charge in [-0.1, -0.05) is 0 Å². The van der Waals surface area contributed by atoms with Gasteiger partial charge in [0.15, 0.2) is 0 Å². The SMILES string of the molecule is COC(=O)CC1=[C-]CC=C1.Cl.Cl.Cl.[CH3-].[CH3-].[CH3-].[CH3-].[Ti]. The Hall–Kier alpha value is 0.534. The fraction of sp³-hybridized carbons (Fsp3) is 0.250. The van der Waals surface area contributed by atoms with Gasteiger partial charge < -0.3 is 34.4 Å². The molecule has 0 spiro atoms. The average Bonchev–Trinajstić information content (AvgIpc) is 2.40. The Kier molecular flexibility index (Phi) is 87.0. The monoisotopic (exact) mass is 353 g/mol. The Bertz CT molecular complexity index is 207. The van der Waals surface area contributed by atoms with Gasteiger partial charge >= 0.3 is 5.97 Å². The summed E-state index contributed by atoms with van der Waals surface area (Å²) in [5.74, 6) is -0.200. The summed E-state index contributed by atoms with van der Waals surface area (Å²) in [5, 5.41) is 0. The molecule has 0 N–H and O–H groups in total. The molecule has 0 aromatic carbocycles. The predicted molar refractivity (Wildman–Crippen MR) is 84.5 cm³/mol. The minimum absolute atomic E-state index is 0. The second kappa shape index (κ2) is 30.5. The number of halogens is 3. The van der Waals surface area contributed by atoms with Crippen LogP contribution in [0, 0.1) is 35.8 Å². The zero-order valence-corrected chi connectivity index (χ0v) is 15.6. The molecule has 0 bridgehead atoms. The average molecular weight is 355 g/mol. The second-order valence-electron chi connectivity index (χ2n) is 2.06. The summed E-state index contributed by atoms with van der Waals surface area (Å²) in [6.45, 7) is 0. The van der Waals surface area contributed by atoms with E-state index in [1.807, 2.05) is 12.2 Å². The standard InChI is InChI=1S/C8H9O2.4CH3.3ClH.Ti/c1-10-8(9)6-7-4-2-3-5-7;;;;;;;;/h2,4H,3,6H2,1H3;4*1H3;3*1H;/q5*-1;;;;. The summed E-state index contributed by atoms with van der Waals surface area (Å²) < 4.78 is 4.48. The van der Waals surface area contributed by atoms with E-state index in [2.05, 4.69) is 10.8 Å². The normalized spacial score (nSPS) is 8.39. The number of esters is 1. The van der Waals surface area contributed by atoms with Crippen LogP contribution < -0.4 is 0 Å². The Morgan fingerprint density at radius 1 is 1.22 bits per heavy atom. The summed E-state index contributed by atoms with van der Waals surface area (Å²) in [6, 6.07) is 0. The van der Waals surface area contributed by atoms with Crippen LogP contribution >= 0.6 is 37.2 Å². The van der Waals surface area contributed by atoms with Crippen molar-refractivity contribution in [3.05, 3.63) is 53.5 Å². The molecule has 0 atom stereocenters. The Labute approximate surface area is 147 Å². The van der Waals surface area contributed by atoms with E-state index in [1.165, 1.54) is 7.11 Å². The second-order valence-corrected chi connectivity index (χ2v) is 2.06. The molecular formula is C12H24Cl3O2Ti-5. The van der Waals surface area contributed by atoms with Crippen molar-refractivity contribution in [2.45, 2.75) is 12.8 Å². The number of hydrogen-bond acceptors (Lipinski definition) is 2. The Morgan fingerprint density at radius 3 is 1.94 bits per heavy atom. The van der Waals surface area contributed by atoms with E-state index in [0.717, 1.165) is 12.0 Å². The van der Waals surface area contributed by atoms with Crippen LogP contribution in [0.3, 0.4) is 0 Å². The Balaban J connectivity index is -0.0000000208. The molecule has 0 fully saturated rings. The molecule has 0 amide bonds. The molecule has 0 aromatic rings. The molecule has 0 saturated heterocycles. The van der Waals surface area contributed by atoms with Crippen molar-refractivity contribution >= 4 is 43.2 Å². The fourth-order valence-electron chi connectivity index (χ4n) is 0.799. The van der Waals surface area contributed by atoms with E-state index in [1.54, 1.807) is 0 Å². The topological polar surface area (TPSA) is 26.3 Å². The zero-order valence-electron chi connectivity index (χ0n) is 11.6. The van der Waals surface area contributed by atoms with Gasteiger partial charge in [0, 0.05) is 28.1 Å². The number of carbonyl (C=O) groups excluding carboxylic acids is 1. The Morgan fingerprint density at radius 2 is 1.67 bits per heavy atom.